The topological polar surface area (TPSA) is 150 Å². The van der Waals surface area contributed by atoms with Crippen LogP contribution in [0.5, 0.6) is 0 Å². The van der Waals surface area contributed by atoms with Crippen molar-refractivity contribution in [3.05, 3.63) is 20.9 Å². The van der Waals surface area contributed by atoms with Gasteiger partial charge < -0.3 is 11.5 Å². The van der Waals surface area contributed by atoms with Crippen LogP contribution in [0.4, 0.5) is 0 Å². The third-order valence-electron chi connectivity index (χ3n) is 1.55. The minimum absolute atomic E-state index is 0.577. The molecule has 0 heterocycles. The quantitative estimate of drug-likeness (QED) is 0.283. The molecule has 0 radical (unpaired) electrons. The zero-order valence-corrected chi connectivity index (χ0v) is 9.49. The standard InChI is InChI=1S/2C4H10N4/c2*5-3-1-2-4-7-8-6/h2*1-5H2. The van der Waals surface area contributed by atoms with Crippen LogP contribution in [0.2, 0.25) is 0 Å². The highest BCUT2D eigenvalue weighted by molar-refractivity contribution is 4.47. The second kappa shape index (κ2) is 19.2. The molecule has 92 valence electrons. The van der Waals surface area contributed by atoms with E-state index in [-0.39, 0.29) is 0 Å². The summed E-state index contributed by atoms with van der Waals surface area (Å²) >= 11 is 0. The molecule has 8 heteroatoms. The van der Waals surface area contributed by atoms with Gasteiger partial charge in [-0.15, -0.1) is 0 Å². The van der Waals surface area contributed by atoms with Crippen molar-refractivity contribution in [1.29, 1.82) is 0 Å². The summed E-state index contributed by atoms with van der Waals surface area (Å²) in [6.07, 6.45) is 3.69. The highest BCUT2D eigenvalue weighted by atomic mass is 15.1. The van der Waals surface area contributed by atoms with E-state index >= 15 is 0 Å². The molecule has 0 aliphatic rings. The molecule has 0 aromatic carbocycles. The monoisotopic (exact) mass is 228 g/mol. The van der Waals surface area contributed by atoms with Crippen LogP contribution in [-0.4, -0.2) is 26.2 Å². The third-order valence-corrected chi connectivity index (χ3v) is 1.55. The SMILES string of the molecule is [N-]=[N+]=NCCCCN.[N-]=[N+]=NCCCCN. The van der Waals surface area contributed by atoms with E-state index in [1.165, 1.54) is 0 Å². The molecule has 4 N–H and O–H groups in total. The molecule has 0 rings (SSSR count). The average molecular weight is 228 g/mol. The maximum Gasteiger partial charge on any atom is 0.0258 e. The molecule has 0 saturated carbocycles. The largest absolute Gasteiger partial charge is 0.330 e. The van der Waals surface area contributed by atoms with Gasteiger partial charge >= 0.3 is 0 Å². The Hall–Kier alpha value is -1.46. The number of azide groups is 2. The molecule has 0 aromatic heterocycles. The molecule has 0 bridgehead atoms. The first-order valence-electron chi connectivity index (χ1n) is 5.25. The number of nitrogens with two attached hydrogens (primary N) is 2. The first-order valence-corrected chi connectivity index (χ1v) is 5.25. The molecule has 0 unspecified atom stereocenters. The Morgan fingerprint density at radius 2 is 1.12 bits per heavy atom. The first kappa shape index (κ1) is 17.0. The number of unbranched alkanes of at least 4 members (excludes halogenated alkanes) is 2. The highest BCUT2D eigenvalue weighted by Crippen LogP contribution is 1.85. The lowest BCUT2D eigenvalue weighted by atomic mass is 10.3. The number of rotatable bonds is 8. The molecule has 0 aliphatic carbocycles. The van der Waals surface area contributed by atoms with Crippen LogP contribution < -0.4 is 11.5 Å². The molecular formula is C8H20N8. The second-order valence-electron chi connectivity index (χ2n) is 2.90. The summed E-state index contributed by atoms with van der Waals surface area (Å²) in [7, 11) is 0. The number of hydrogen-bond acceptors (Lipinski definition) is 4. The molecule has 0 spiro atoms. The van der Waals surface area contributed by atoms with Gasteiger partial charge in [-0.3, -0.25) is 0 Å². The summed E-state index contributed by atoms with van der Waals surface area (Å²) in [6, 6.07) is 0. The van der Waals surface area contributed by atoms with Gasteiger partial charge in [0.15, 0.2) is 0 Å². The lowest BCUT2D eigenvalue weighted by molar-refractivity contribution is 0.752. The van der Waals surface area contributed by atoms with Crippen molar-refractivity contribution in [1.82, 2.24) is 0 Å². The summed E-state index contributed by atoms with van der Waals surface area (Å²) in [6.45, 7) is 2.52. The van der Waals surface area contributed by atoms with Crippen molar-refractivity contribution >= 4 is 0 Å². The Morgan fingerprint density at radius 3 is 1.38 bits per heavy atom. The average Bonchev–Trinajstić information content (AvgIpc) is 2.31. The fourth-order valence-corrected chi connectivity index (χ4v) is 0.743. The van der Waals surface area contributed by atoms with Crippen molar-refractivity contribution in [2.24, 2.45) is 21.7 Å². The predicted octanol–water partition coefficient (Wildman–Crippen LogP) is 2.07. The lowest BCUT2D eigenvalue weighted by Gasteiger charge is -1.87. The maximum atomic E-state index is 7.79. The smallest absolute Gasteiger partial charge is 0.0258 e. The van der Waals surface area contributed by atoms with E-state index in [2.05, 4.69) is 20.1 Å². The maximum absolute atomic E-state index is 7.79. The molecule has 16 heavy (non-hydrogen) atoms. The van der Waals surface area contributed by atoms with E-state index in [0.29, 0.717) is 26.2 Å². The zero-order valence-electron chi connectivity index (χ0n) is 9.49. The third kappa shape index (κ3) is 22.9. The van der Waals surface area contributed by atoms with Crippen molar-refractivity contribution in [2.75, 3.05) is 26.2 Å². The Labute approximate surface area is 95.2 Å². The van der Waals surface area contributed by atoms with Crippen molar-refractivity contribution < 1.29 is 0 Å². The summed E-state index contributed by atoms with van der Waals surface area (Å²) in [5.41, 5.74) is 25.9. The van der Waals surface area contributed by atoms with Gasteiger partial charge in [-0.1, -0.05) is 10.2 Å². The zero-order chi connectivity index (χ0) is 12.5. The Morgan fingerprint density at radius 1 is 0.750 bits per heavy atom. The van der Waals surface area contributed by atoms with Crippen molar-refractivity contribution in [2.45, 2.75) is 25.7 Å². The van der Waals surface area contributed by atoms with Gasteiger partial charge in [0.1, 0.15) is 0 Å². The molecule has 0 fully saturated rings. The summed E-state index contributed by atoms with van der Waals surface area (Å²) < 4.78 is 0. The van der Waals surface area contributed by atoms with Gasteiger partial charge in [-0.05, 0) is 49.8 Å². The van der Waals surface area contributed by atoms with Gasteiger partial charge in [-0.2, -0.15) is 0 Å². The van der Waals surface area contributed by atoms with Gasteiger partial charge in [-0.25, -0.2) is 0 Å². The molecule has 0 aromatic rings. The minimum atomic E-state index is 0.577. The molecular weight excluding hydrogens is 208 g/mol. The summed E-state index contributed by atoms with van der Waals surface area (Å²) in [5.74, 6) is 0. The Kier molecular flexibility index (Phi) is 20.3. The van der Waals surface area contributed by atoms with Crippen LogP contribution in [-0.2, 0) is 0 Å². The molecule has 0 aliphatic heterocycles. The van der Waals surface area contributed by atoms with E-state index in [0.717, 1.165) is 25.7 Å². The highest BCUT2D eigenvalue weighted by Gasteiger charge is 1.80. The van der Waals surface area contributed by atoms with E-state index in [1.54, 1.807) is 0 Å². The van der Waals surface area contributed by atoms with E-state index in [1.807, 2.05) is 0 Å². The minimum Gasteiger partial charge on any atom is -0.330 e. The van der Waals surface area contributed by atoms with Gasteiger partial charge in [0.25, 0.3) is 0 Å². The van der Waals surface area contributed by atoms with Crippen LogP contribution >= 0.6 is 0 Å². The van der Waals surface area contributed by atoms with E-state index in [4.69, 9.17) is 22.5 Å². The predicted molar refractivity (Wildman–Crippen MR) is 64.6 cm³/mol. The fourth-order valence-electron chi connectivity index (χ4n) is 0.743. The summed E-state index contributed by atoms with van der Waals surface area (Å²) in [5, 5.41) is 6.67. The normalized spacial score (nSPS) is 8.12. The van der Waals surface area contributed by atoms with Crippen molar-refractivity contribution in [3.8, 4) is 0 Å². The number of nitrogens with zero attached hydrogens (tertiary/aromatic N) is 6. The van der Waals surface area contributed by atoms with Crippen LogP contribution in [0.3, 0.4) is 0 Å². The van der Waals surface area contributed by atoms with Crippen molar-refractivity contribution in [3.63, 3.8) is 0 Å². The van der Waals surface area contributed by atoms with E-state index < -0.39 is 0 Å². The van der Waals surface area contributed by atoms with Gasteiger partial charge in [0, 0.05) is 22.9 Å². The Balaban J connectivity index is 0. The Bertz CT molecular complexity index is 192. The first-order chi connectivity index (χ1) is 7.83. The lowest BCUT2D eigenvalue weighted by Crippen LogP contribution is -1.98. The molecule has 8 nitrogen and oxygen atoms in total. The molecule has 0 saturated heterocycles. The van der Waals surface area contributed by atoms with Crippen LogP contribution in [0, 0.1) is 0 Å². The van der Waals surface area contributed by atoms with Gasteiger partial charge in [0.2, 0.25) is 0 Å². The summed E-state index contributed by atoms with van der Waals surface area (Å²) in [4.78, 5) is 5.18. The molecule has 0 atom stereocenters. The second-order valence-corrected chi connectivity index (χ2v) is 2.90. The van der Waals surface area contributed by atoms with Crippen LogP contribution in [0.25, 0.3) is 20.9 Å². The fraction of sp³-hybridized carbons (Fsp3) is 1.00. The van der Waals surface area contributed by atoms with Crippen LogP contribution in [0.1, 0.15) is 25.7 Å². The number of hydrogen-bond donors (Lipinski definition) is 2. The molecule has 0 amide bonds. The van der Waals surface area contributed by atoms with Crippen LogP contribution in [0.15, 0.2) is 10.2 Å². The van der Waals surface area contributed by atoms with E-state index in [9.17, 15) is 0 Å². The van der Waals surface area contributed by atoms with Gasteiger partial charge in [0.05, 0.1) is 0 Å².